The van der Waals surface area contributed by atoms with E-state index in [0.717, 1.165) is 11.6 Å². The number of halogens is 3. The van der Waals surface area contributed by atoms with Crippen LogP contribution in [0.1, 0.15) is 11.3 Å². The summed E-state index contributed by atoms with van der Waals surface area (Å²) in [5.74, 6) is 0.284. The van der Waals surface area contributed by atoms with Crippen LogP contribution < -0.4 is 5.32 Å². The normalized spacial score (nSPS) is 11.3. The molecule has 0 unspecified atom stereocenters. The van der Waals surface area contributed by atoms with Gasteiger partial charge in [-0.2, -0.15) is 13.2 Å². The Morgan fingerprint density at radius 1 is 1.11 bits per heavy atom. The lowest BCUT2D eigenvalue weighted by Crippen LogP contribution is -2.10. The van der Waals surface area contributed by atoms with Crippen LogP contribution in [0.4, 0.5) is 19.0 Å². The molecule has 1 N–H and O–H groups in total. The van der Waals surface area contributed by atoms with E-state index in [1.807, 2.05) is 6.07 Å². The minimum atomic E-state index is -4.46. The number of rotatable bonds is 3. The van der Waals surface area contributed by atoms with Crippen LogP contribution in [0.15, 0.2) is 36.7 Å². The molecule has 0 radical (unpaired) electrons. The molecule has 0 saturated carbocycles. The van der Waals surface area contributed by atoms with Crippen molar-refractivity contribution in [3.63, 3.8) is 0 Å². The van der Waals surface area contributed by atoms with E-state index in [4.69, 9.17) is 0 Å². The molecule has 4 nitrogen and oxygen atoms in total. The predicted molar refractivity (Wildman–Crippen MR) is 58.6 cm³/mol. The van der Waals surface area contributed by atoms with Crippen molar-refractivity contribution in [3.8, 4) is 0 Å². The summed E-state index contributed by atoms with van der Waals surface area (Å²) in [5.41, 5.74) is -0.103. The first-order valence-corrected chi connectivity index (χ1v) is 5.09. The maximum atomic E-state index is 12.2. The number of alkyl halides is 3. The van der Waals surface area contributed by atoms with E-state index in [1.165, 1.54) is 6.07 Å². The number of anilines is 1. The third kappa shape index (κ3) is 3.16. The SMILES string of the molecule is FC(F)(F)c1ccc(NCc2cccnc2)nn1. The zero-order chi connectivity index (χ0) is 13.0. The molecular weight excluding hydrogens is 245 g/mol. The summed E-state index contributed by atoms with van der Waals surface area (Å²) in [5, 5.41) is 9.43. The van der Waals surface area contributed by atoms with Gasteiger partial charge in [0.2, 0.25) is 0 Å². The summed E-state index contributed by atoms with van der Waals surface area (Å²) in [7, 11) is 0. The van der Waals surface area contributed by atoms with Crippen molar-refractivity contribution in [2.45, 2.75) is 12.7 Å². The number of pyridine rings is 1. The summed E-state index contributed by atoms with van der Waals surface area (Å²) in [6.45, 7) is 0.424. The van der Waals surface area contributed by atoms with Crippen LogP contribution >= 0.6 is 0 Å². The summed E-state index contributed by atoms with van der Waals surface area (Å²) in [6, 6.07) is 5.75. The van der Waals surface area contributed by atoms with E-state index in [2.05, 4.69) is 20.5 Å². The average Bonchev–Trinajstić information content (AvgIpc) is 2.37. The molecule has 2 rings (SSSR count). The van der Waals surface area contributed by atoms with Gasteiger partial charge in [0.05, 0.1) is 0 Å². The highest BCUT2D eigenvalue weighted by atomic mass is 19.4. The predicted octanol–water partition coefficient (Wildman–Crippen LogP) is 2.50. The molecule has 0 bridgehead atoms. The second-order valence-corrected chi connectivity index (χ2v) is 3.52. The molecule has 0 spiro atoms. The van der Waals surface area contributed by atoms with Gasteiger partial charge in [0, 0.05) is 18.9 Å². The van der Waals surface area contributed by atoms with Gasteiger partial charge in [-0.05, 0) is 23.8 Å². The van der Waals surface area contributed by atoms with E-state index < -0.39 is 11.9 Å². The Balaban J connectivity index is 1.99. The van der Waals surface area contributed by atoms with Crippen molar-refractivity contribution in [1.29, 1.82) is 0 Å². The van der Waals surface area contributed by atoms with Crippen molar-refractivity contribution >= 4 is 5.82 Å². The highest BCUT2D eigenvalue weighted by Crippen LogP contribution is 2.27. The monoisotopic (exact) mass is 254 g/mol. The third-order valence-electron chi connectivity index (χ3n) is 2.15. The largest absolute Gasteiger partial charge is 0.435 e. The van der Waals surface area contributed by atoms with E-state index in [9.17, 15) is 13.2 Å². The summed E-state index contributed by atoms with van der Waals surface area (Å²) >= 11 is 0. The van der Waals surface area contributed by atoms with Crippen LogP contribution in [-0.4, -0.2) is 15.2 Å². The molecule has 0 saturated heterocycles. The fourth-order valence-electron chi connectivity index (χ4n) is 1.27. The van der Waals surface area contributed by atoms with Crippen LogP contribution in [0.25, 0.3) is 0 Å². The Morgan fingerprint density at radius 2 is 1.94 bits per heavy atom. The van der Waals surface area contributed by atoms with Gasteiger partial charge >= 0.3 is 6.18 Å². The molecule has 0 aliphatic heterocycles. The van der Waals surface area contributed by atoms with Gasteiger partial charge in [-0.15, -0.1) is 10.2 Å². The first-order valence-electron chi connectivity index (χ1n) is 5.09. The van der Waals surface area contributed by atoms with Crippen molar-refractivity contribution in [2.24, 2.45) is 0 Å². The summed E-state index contributed by atoms with van der Waals surface area (Å²) in [4.78, 5) is 3.92. The van der Waals surface area contributed by atoms with Gasteiger partial charge in [0.1, 0.15) is 5.82 Å². The zero-order valence-electron chi connectivity index (χ0n) is 9.15. The highest BCUT2D eigenvalue weighted by Gasteiger charge is 2.32. The number of hydrogen-bond acceptors (Lipinski definition) is 4. The molecule has 0 aliphatic rings. The van der Waals surface area contributed by atoms with Crippen LogP contribution in [0.2, 0.25) is 0 Å². The first kappa shape index (κ1) is 12.3. The average molecular weight is 254 g/mol. The number of hydrogen-bond donors (Lipinski definition) is 1. The molecule has 0 fully saturated rings. The van der Waals surface area contributed by atoms with E-state index in [0.29, 0.717) is 6.54 Å². The second kappa shape index (κ2) is 4.99. The highest BCUT2D eigenvalue weighted by molar-refractivity contribution is 5.34. The van der Waals surface area contributed by atoms with Crippen molar-refractivity contribution in [1.82, 2.24) is 15.2 Å². The lowest BCUT2D eigenvalue weighted by molar-refractivity contribution is -0.141. The fraction of sp³-hybridized carbons (Fsp3) is 0.182. The molecule has 0 atom stereocenters. The first-order chi connectivity index (χ1) is 8.55. The molecule has 0 aromatic carbocycles. The number of nitrogens with one attached hydrogen (secondary N) is 1. The van der Waals surface area contributed by atoms with E-state index in [1.54, 1.807) is 18.5 Å². The maximum absolute atomic E-state index is 12.2. The third-order valence-corrected chi connectivity index (χ3v) is 2.15. The standard InChI is InChI=1S/C11H9F3N4/c12-11(13,14)9-3-4-10(18-17-9)16-7-8-2-1-5-15-6-8/h1-6H,7H2,(H,16,18). The summed E-state index contributed by atoms with van der Waals surface area (Å²) in [6.07, 6.45) is -1.17. The molecule has 18 heavy (non-hydrogen) atoms. The summed E-state index contributed by atoms with van der Waals surface area (Å²) < 4.78 is 36.7. The zero-order valence-corrected chi connectivity index (χ0v) is 9.15. The Morgan fingerprint density at radius 3 is 2.50 bits per heavy atom. The van der Waals surface area contributed by atoms with E-state index >= 15 is 0 Å². The molecule has 94 valence electrons. The van der Waals surface area contributed by atoms with Crippen LogP contribution in [0.3, 0.4) is 0 Å². The van der Waals surface area contributed by atoms with Crippen molar-refractivity contribution < 1.29 is 13.2 Å². The molecular formula is C11H9F3N4. The van der Waals surface area contributed by atoms with Gasteiger partial charge in [-0.1, -0.05) is 6.07 Å². The Kier molecular flexibility index (Phi) is 3.40. The van der Waals surface area contributed by atoms with Gasteiger partial charge in [0.25, 0.3) is 0 Å². The van der Waals surface area contributed by atoms with Gasteiger partial charge in [0.15, 0.2) is 5.69 Å². The minimum Gasteiger partial charge on any atom is -0.364 e. The molecule has 0 amide bonds. The van der Waals surface area contributed by atoms with Gasteiger partial charge in [-0.3, -0.25) is 4.98 Å². The Bertz CT molecular complexity index is 496. The quantitative estimate of drug-likeness (QED) is 0.914. The van der Waals surface area contributed by atoms with E-state index in [-0.39, 0.29) is 5.82 Å². The second-order valence-electron chi connectivity index (χ2n) is 3.52. The topological polar surface area (TPSA) is 50.7 Å². The molecule has 2 aromatic heterocycles. The molecule has 2 aromatic rings. The lowest BCUT2D eigenvalue weighted by Gasteiger charge is -2.07. The smallest absolute Gasteiger partial charge is 0.364 e. The Hall–Kier alpha value is -2.18. The maximum Gasteiger partial charge on any atom is 0.435 e. The van der Waals surface area contributed by atoms with Crippen molar-refractivity contribution in [2.75, 3.05) is 5.32 Å². The van der Waals surface area contributed by atoms with Gasteiger partial charge in [-0.25, -0.2) is 0 Å². The lowest BCUT2D eigenvalue weighted by atomic mass is 10.3. The Labute approximate surface area is 101 Å². The van der Waals surface area contributed by atoms with Gasteiger partial charge < -0.3 is 5.32 Å². The van der Waals surface area contributed by atoms with Crippen LogP contribution in [0.5, 0.6) is 0 Å². The number of aromatic nitrogens is 3. The fourth-order valence-corrected chi connectivity index (χ4v) is 1.27. The number of nitrogens with zero attached hydrogens (tertiary/aromatic N) is 3. The molecule has 0 aliphatic carbocycles. The molecule has 7 heteroatoms. The minimum absolute atomic E-state index is 0.284. The molecule has 2 heterocycles. The van der Waals surface area contributed by atoms with Crippen molar-refractivity contribution in [3.05, 3.63) is 47.9 Å². The van der Waals surface area contributed by atoms with Crippen LogP contribution in [0, 0.1) is 0 Å². The van der Waals surface area contributed by atoms with Crippen LogP contribution in [-0.2, 0) is 12.7 Å².